The van der Waals surface area contributed by atoms with Gasteiger partial charge in [0.2, 0.25) is 10.0 Å². The summed E-state index contributed by atoms with van der Waals surface area (Å²) in [6.07, 6.45) is 4.07. The van der Waals surface area contributed by atoms with Gasteiger partial charge in [0.1, 0.15) is 10.7 Å². The SMILES string of the molecule is CCCN(C1CC1)S(=O)(=O)c1ccc(N)nc1. The lowest BCUT2D eigenvalue weighted by Gasteiger charge is -2.20. The fraction of sp³-hybridized carbons (Fsp3) is 0.545. The smallest absolute Gasteiger partial charge is 0.244 e. The summed E-state index contributed by atoms with van der Waals surface area (Å²) in [5.74, 6) is 0.331. The van der Waals surface area contributed by atoms with Gasteiger partial charge in [-0.25, -0.2) is 13.4 Å². The Bertz CT molecular complexity index is 480. The molecule has 0 unspecified atom stereocenters. The van der Waals surface area contributed by atoms with Crippen LogP contribution in [0.25, 0.3) is 0 Å². The van der Waals surface area contributed by atoms with E-state index < -0.39 is 10.0 Å². The number of pyridine rings is 1. The van der Waals surface area contributed by atoms with E-state index in [2.05, 4.69) is 4.98 Å². The molecule has 0 amide bonds. The second-order valence-electron chi connectivity index (χ2n) is 4.27. The summed E-state index contributed by atoms with van der Waals surface area (Å²) in [5, 5.41) is 0. The summed E-state index contributed by atoms with van der Waals surface area (Å²) in [6, 6.07) is 3.21. The standard InChI is InChI=1S/C11H17N3O2S/c1-2-7-14(9-3-4-9)17(15,16)10-5-6-11(12)13-8-10/h5-6,8-9H,2-4,7H2,1H3,(H2,12,13). The van der Waals surface area contributed by atoms with Gasteiger partial charge in [-0.3, -0.25) is 0 Å². The molecular formula is C11H17N3O2S. The van der Waals surface area contributed by atoms with E-state index in [9.17, 15) is 8.42 Å². The van der Waals surface area contributed by atoms with Crippen LogP contribution < -0.4 is 5.73 Å². The molecular weight excluding hydrogens is 238 g/mol. The van der Waals surface area contributed by atoms with Crippen molar-refractivity contribution in [2.45, 2.75) is 37.1 Å². The van der Waals surface area contributed by atoms with Crippen LogP contribution in [0.5, 0.6) is 0 Å². The number of anilines is 1. The summed E-state index contributed by atoms with van der Waals surface area (Å²) < 4.78 is 26.3. The lowest BCUT2D eigenvalue weighted by molar-refractivity contribution is 0.403. The molecule has 1 aromatic rings. The summed E-state index contributed by atoms with van der Waals surface area (Å²) >= 11 is 0. The molecule has 0 spiro atoms. The molecule has 0 radical (unpaired) electrons. The summed E-state index contributed by atoms with van der Waals surface area (Å²) in [4.78, 5) is 4.07. The second kappa shape index (κ2) is 4.62. The Morgan fingerprint density at radius 3 is 2.65 bits per heavy atom. The lowest BCUT2D eigenvalue weighted by Crippen LogP contribution is -2.33. The van der Waals surface area contributed by atoms with Crippen LogP contribution in [0.15, 0.2) is 23.2 Å². The number of nitrogen functional groups attached to an aromatic ring is 1. The monoisotopic (exact) mass is 255 g/mol. The van der Waals surface area contributed by atoms with Gasteiger partial charge in [0.15, 0.2) is 0 Å². The Kier molecular flexibility index (Phi) is 3.35. The van der Waals surface area contributed by atoms with E-state index in [4.69, 9.17) is 5.73 Å². The van der Waals surface area contributed by atoms with E-state index >= 15 is 0 Å². The highest BCUT2D eigenvalue weighted by Gasteiger charge is 2.37. The number of hydrogen-bond donors (Lipinski definition) is 1. The number of rotatable bonds is 5. The topological polar surface area (TPSA) is 76.3 Å². The van der Waals surface area contributed by atoms with Crippen LogP contribution in [0.3, 0.4) is 0 Å². The molecule has 1 aliphatic rings. The van der Waals surface area contributed by atoms with Gasteiger partial charge in [-0.05, 0) is 31.4 Å². The Labute approximate surface area is 102 Å². The quantitative estimate of drug-likeness (QED) is 0.858. The number of aromatic nitrogens is 1. The van der Waals surface area contributed by atoms with E-state index in [0.29, 0.717) is 12.4 Å². The van der Waals surface area contributed by atoms with Crippen molar-refractivity contribution in [2.75, 3.05) is 12.3 Å². The van der Waals surface area contributed by atoms with Gasteiger partial charge in [-0.2, -0.15) is 4.31 Å². The maximum atomic E-state index is 12.4. The number of sulfonamides is 1. The van der Waals surface area contributed by atoms with Crippen LogP contribution >= 0.6 is 0 Å². The molecule has 1 aliphatic carbocycles. The van der Waals surface area contributed by atoms with E-state index in [-0.39, 0.29) is 10.9 Å². The molecule has 6 heteroatoms. The third-order valence-electron chi connectivity index (χ3n) is 2.76. The van der Waals surface area contributed by atoms with Crippen LogP contribution in [0.2, 0.25) is 0 Å². The zero-order valence-corrected chi connectivity index (χ0v) is 10.7. The molecule has 2 N–H and O–H groups in total. The van der Waals surface area contributed by atoms with Crippen molar-refractivity contribution >= 4 is 15.8 Å². The van der Waals surface area contributed by atoms with Crippen molar-refractivity contribution in [1.82, 2.24) is 9.29 Å². The molecule has 0 aromatic carbocycles. The van der Waals surface area contributed by atoms with Crippen LogP contribution in [0.1, 0.15) is 26.2 Å². The Balaban J connectivity index is 2.30. The lowest BCUT2D eigenvalue weighted by atomic mass is 10.5. The molecule has 1 heterocycles. The van der Waals surface area contributed by atoms with Gasteiger partial charge < -0.3 is 5.73 Å². The zero-order chi connectivity index (χ0) is 12.5. The van der Waals surface area contributed by atoms with Crippen molar-refractivity contribution in [2.24, 2.45) is 0 Å². The molecule has 1 fully saturated rings. The van der Waals surface area contributed by atoms with Crippen molar-refractivity contribution in [3.05, 3.63) is 18.3 Å². The maximum Gasteiger partial charge on any atom is 0.244 e. The zero-order valence-electron chi connectivity index (χ0n) is 9.83. The van der Waals surface area contributed by atoms with Gasteiger partial charge in [-0.1, -0.05) is 6.92 Å². The molecule has 1 saturated carbocycles. The first kappa shape index (κ1) is 12.3. The van der Waals surface area contributed by atoms with Crippen molar-refractivity contribution in [3.63, 3.8) is 0 Å². The first-order valence-electron chi connectivity index (χ1n) is 5.79. The van der Waals surface area contributed by atoms with Crippen LogP contribution in [0, 0.1) is 0 Å². The molecule has 0 aliphatic heterocycles. The van der Waals surface area contributed by atoms with Crippen LogP contribution in [-0.4, -0.2) is 30.3 Å². The molecule has 0 atom stereocenters. The van der Waals surface area contributed by atoms with Gasteiger partial charge >= 0.3 is 0 Å². The Morgan fingerprint density at radius 1 is 1.47 bits per heavy atom. The molecule has 1 aromatic heterocycles. The molecule has 94 valence electrons. The highest BCUT2D eigenvalue weighted by molar-refractivity contribution is 7.89. The van der Waals surface area contributed by atoms with E-state index in [0.717, 1.165) is 19.3 Å². The van der Waals surface area contributed by atoms with Crippen LogP contribution in [0.4, 0.5) is 5.82 Å². The largest absolute Gasteiger partial charge is 0.384 e. The van der Waals surface area contributed by atoms with E-state index in [1.807, 2.05) is 6.92 Å². The fourth-order valence-electron chi connectivity index (χ4n) is 1.76. The average molecular weight is 255 g/mol. The first-order chi connectivity index (χ1) is 8.05. The summed E-state index contributed by atoms with van der Waals surface area (Å²) in [7, 11) is -3.40. The van der Waals surface area contributed by atoms with Gasteiger partial charge in [0, 0.05) is 18.8 Å². The first-order valence-corrected chi connectivity index (χ1v) is 7.23. The highest BCUT2D eigenvalue weighted by atomic mass is 32.2. The predicted octanol–water partition coefficient (Wildman–Crippen LogP) is 1.23. The molecule has 2 rings (SSSR count). The molecule has 17 heavy (non-hydrogen) atoms. The summed E-state index contributed by atoms with van der Waals surface area (Å²) in [5.41, 5.74) is 5.46. The van der Waals surface area contributed by atoms with E-state index in [1.165, 1.54) is 18.3 Å². The number of nitrogens with zero attached hydrogens (tertiary/aromatic N) is 2. The van der Waals surface area contributed by atoms with E-state index in [1.54, 1.807) is 4.31 Å². The maximum absolute atomic E-state index is 12.4. The van der Waals surface area contributed by atoms with Gasteiger partial charge in [-0.15, -0.1) is 0 Å². The normalized spacial score (nSPS) is 16.4. The number of hydrogen-bond acceptors (Lipinski definition) is 4. The summed E-state index contributed by atoms with van der Waals surface area (Å²) in [6.45, 7) is 2.55. The predicted molar refractivity (Wildman–Crippen MR) is 65.9 cm³/mol. The minimum atomic E-state index is -3.40. The third-order valence-corrected chi connectivity index (χ3v) is 4.70. The molecule has 0 saturated heterocycles. The molecule has 5 nitrogen and oxygen atoms in total. The Morgan fingerprint density at radius 2 is 2.18 bits per heavy atom. The second-order valence-corrected chi connectivity index (χ2v) is 6.16. The fourth-order valence-corrected chi connectivity index (χ4v) is 3.48. The van der Waals surface area contributed by atoms with Crippen molar-refractivity contribution in [3.8, 4) is 0 Å². The van der Waals surface area contributed by atoms with Crippen molar-refractivity contribution in [1.29, 1.82) is 0 Å². The average Bonchev–Trinajstić information content (AvgIpc) is 3.10. The van der Waals surface area contributed by atoms with Crippen LogP contribution in [-0.2, 0) is 10.0 Å². The van der Waals surface area contributed by atoms with Gasteiger partial charge in [0.25, 0.3) is 0 Å². The minimum Gasteiger partial charge on any atom is -0.384 e. The highest BCUT2D eigenvalue weighted by Crippen LogP contribution is 2.31. The van der Waals surface area contributed by atoms with Gasteiger partial charge in [0.05, 0.1) is 0 Å². The third kappa shape index (κ3) is 2.58. The minimum absolute atomic E-state index is 0.178. The Hall–Kier alpha value is -1.14. The molecule has 0 bridgehead atoms. The number of nitrogens with two attached hydrogens (primary N) is 1. The van der Waals surface area contributed by atoms with Crippen molar-refractivity contribution < 1.29 is 8.42 Å².